The SMILES string of the molecule is CCOC(=O)C1=C(CN2CCN(C(=O)c3ccc(F)cc3)[C@@H](C)C2)N(C)C(=O)N[C@H]1c1cccc(Cl)c1. The van der Waals surface area contributed by atoms with Gasteiger partial charge in [0.25, 0.3) is 5.91 Å². The molecule has 4 rings (SSSR count). The molecule has 3 amide bonds. The highest BCUT2D eigenvalue weighted by Crippen LogP contribution is 2.33. The molecule has 196 valence electrons. The van der Waals surface area contributed by atoms with Crippen molar-refractivity contribution < 1.29 is 23.5 Å². The van der Waals surface area contributed by atoms with E-state index >= 15 is 0 Å². The molecule has 1 N–H and O–H groups in total. The third kappa shape index (κ3) is 5.78. The molecule has 0 bridgehead atoms. The third-order valence-corrected chi connectivity index (χ3v) is 6.93. The van der Waals surface area contributed by atoms with Crippen LogP contribution < -0.4 is 5.32 Å². The summed E-state index contributed by atoms with van der Waals surface area (Å²) in [5.41, 5.74) is 2.00. The first kappa shape index (κ1) is 26.6. The summed E-state index contributed by atoms with van der Waals surface area (Å²) in [6.45, 7) is 5.71. The van der Waals surface area contributed by atoms with E-state index in [2.05, 4.69) is 10.2 Å². The van der Waals surface area contributed by atoms with Crippen LogP contribution in [0.25, 0.3) is 0 Å². The molecule has 0 radical (unpaired) electrons. The highest BCUT2D eigenvalue weighted by Gasteiger charge is 2.38. The Morgan fingerprint density at radius 3 is 2.54 bits per heavy atom. The number of carbonyl (C=O) groups excluding carboxylic acids is 3. The van der Waals surface area contributed by atoms with E-state index in [4.69, 9.17) is 16.3 Å². The van der Waals surface area contributed by atoms with Crippen molar-refractivity contribution in [1.82, 2.24) is 20.0 Å². The summed E-state index contributed by atoms with van der Waals surface area (Å²) in [6, 6.07) is 11.4. The lowest BCUT2D eigenvalue weighted by atomic mass is 9.94. The number of ether oxygens (including phenoxy) is 1. The largest absolute Gasteiger partial charge is 0.463 e. The number of nitrogens with one attached hydrogen (secondary N) is 1. The van der Waals surface area contributed by atoms with Crippen molar-refractivity contribution >= 4 is 29.5 Å². The molecular weight excluding hydrogens is 499 g/mol. The van der Waals surface area contributed by atoms with E-state index in [-0.39, 0.29) is 24.6 Å². The van der Waals surface area contributed by atoms with Gasteiger partial charge < -0.3 is 15.0 Å². The summed E-state index contributed by atoms with van der Waals surface area (Å²) in [6.07, 6.45) is 0. The Kier molecular flexibility index (Phi) is 8.14. The Bertz CT molecular complexity index is 1220. The van der Waals surface area contributed by atoms with Gasteiger partial charge in [-0.15, -0.1) is 0 Å². The number of amides is 3. The fraction of sp³-hybridized carbons (Fsp3) is 0.370. The monoisotopic (exact) mass is 528 g/mol. The van der Waals surface area contributed by atoms with Gasteiger partial charge in [-0.25, -0.2) is 14.0 Å². The molecule has 2 aromatic carbocycles. The average molecular weight is 529 g/mol. The van der Waals surface area contributed by atoms with Crippen molar-refractivity contribution in [3.05, 3.63) is 81.8 Å². The third-order valence-electron chi connectivity index (χ3n) is 6.69. The first-order valence-electron chi connectivity index (χ1n) is 12.2. The summed E-state index contributed by atoms with van der Waals surface area (Å²) in [4.78, 5) is 44.4. The van der Waals surface area contributed by atoms with Crippen LogP contribution in [0, 0.1) is 5.82 Å². The Balaban J connectivity index is 1.59. The number of hydrogen-bond donors (Lipinski definition) is 1. The average Bonchev–Trinajstić information content (AvgIpc) is 2.87. The van der Waals surface area contributed by atoms with Gasteiger partial charge in [-0.2, -0.15) is 0 Å². The number of halogens is 2. The van der Waals surface area contributed by atoms with Gasteiger partial charge in [-0.05, 0) is 55.8 Å². The van der Waals surface area contributed by atoms with Gasteiger partial charge in [0, 0.05) is 55.6 Å². The number of benzene rings is 2. The van der Waals surface area contributed by atoms with Gasteiger partial charge in [0.05, 0.1) is 18.2 Å². The van der Waals surface area contributed by atoms with E-state index in [1.54, 1.807) is 43.1 Å². The maximum absolute atomic E-state index is 13.3. The summed E-state index contributed by atoms with van der Waals surface area (Å²) in [5.74, 6) is -1.06. The van der Waals surface area contributed by atoms with Gasteiger partial charge >= 0.3 is 12.0 Å². The lowest BCUT2D eigenvalue weighted by molar-refractivity contribution is -0.139. The van der Waals surface area contributed by atoms with Crippen LogP contribution in [0.3, 0.4) is 0 Å². The molecule has 1 fully saturated rings. The van der Waals surface area contributed by atoms with Gasteiger partial charge in [-0.1, -0.05) is 23.7 Å². The number of nitrogens with zero attached hydrogens (tertiary/aromatic N) is 3. The molecule has 37 heavy (non-hydrogen) atoms. The van der Waals surface area contributed by atoms with Crippen LogP contribution >= 0.6 is 11.6 Å². The molecule has 2 atom stereocenters. The quantitative estimate of drug-likeness (QED) is 0.576. The van der Waals surface area contributed by atoms with Crippen molar-refractivity contribution in [1.29, 1.82) is 0 Å². The van der Waals surface area contributed by atoms with Crippen LogP contribution in [-0.2, 0) is 9.53 Å². The zero-order valence-corrected chi connectivity index (χ0v) is 21.8. The number of esters is 1. The maximum Gasteiger partial charge on any atom is 0.338 e. The topological polar surface area (TPSA) is 82.2 Å². The highest BCUT2D eigenvalue weighted by molar-refractivity contribution is 6.30. The second kappa shape index (κ2) is 11.3. The van der Waals surface area contributed by atoms with Crippen molar-refractivity contribution in [2.45, 2.75) is 25.9 Å². The normalized spacial score (nSPS) is 20.6. The highest BCUT2D eigenvalue weighted by atomic mass is 35.5. The van der Waals surface area contributed by atoms with Crippen LogP contribution in [0.1, 0.15) is 35.8 Å². The second-order valence-electron chi connectivity index (χ2n) is 9.17. The fourth-order valence-corrected chi connectivity index (χ4v) is 4.98. The van der Waals surface area contributed by atoms with Crippen molar-refractivity contribution in [3.8, 4) is 0 Å². The summed E-state index contributed by atoms with van der Waals surface area (Å²) in [5, 5.41) is 3.38. The molecule has 10 heteroatoms. The Hall–Kier alpha value is -3.43. The van der Waals surface area contributed by atoms with Crippen molar-refractivity contribution in [2.75, 3.05) is 39.8 Å². The van der Waals surface area contributed by atoms with E-state index in [1.807, 2.05) is 6.92 Å². The smallest absolute Gasteiger partial charge is 0.338 e. The molecule has 0 saturated carbocycles. The minimum Gasteiger partial charge on any atom is -0.463 e. The molecule has 2 heterocycles. The Morgan fingerprint density at radius 1 is 1.16 bits per heavy atom. The van der Waals surface area contributed by atoms with Gasteiger partial charge in [-0.3, -0.25) is 14.6 Å². The molecule has 2 aliphatic heterocycles. The minimum absolute atomic E-state index is 0.135. The Labute approximate surface area is 220 Å². The Morgan fingerprint density at radius 2 is 1.89 bits per heavy atom. The standard InChI is InChI=1S/C27H30ClFN4O4/c1-4-37-26(35)23-22(31(3)27(36)30-24(23)19-6-5-7-20(28)14-19)16-32-12-13-33(17(2)15-32)25(34)18-8-10-21(29)11-9-18/h5-11,14,17,24H,4,12-13,15-16H2,1-3H3,(H,30,36)/t17-,24-/m0/s1. The van der Waals surface area contributed by atoms with E-state index in [0.29, 0.717) is 53.6 Å². The van der Waals surface area contributed by atoms with Crippen LogP contribution in [0.5, 0.6) is 0 Å². The number of hydrogen-bond acceptors (Lipinski definition) is 5. The summed E-state index contributed by atoms with van der Waals surface area (Å²) in [7, 11) is 1.62. The first-order valence-corrected chi connectivity index (χ1v) is 12.6. The number of likely N-dealkylation sites (N-methyl/N-ethyl adjacent to an activating group) is 1. The molecule has 2 aromatic rings. The number of rotatable bonds is 6. The predicted octanol–water partition coefficient (Wildman–Crippen LogP) is 3.84. The lowest BCUT2D eigenvalue weighted by Crippen LogP contribution is -2.56. The number of carbonyl (C=O) groups is 3. The van der Waals surface area contributed by atoms with Gasteiger partial charge in [0.15, 0.2) is 0 Å². The minimum atomic E-state index is -0.713. The molecule has 0 aliphatic carbocycles. The van der Waals surface area contributed by atoms with E-state index in [1.165, 1.54) is 29.2 Å². The van der Waals surface area contributed by atoms with E-state index in [0.717, 1.165) is 0 Å². The molecule has 0 spiro atoms. The van der Waals surface area contributed by atoms with Crippen LogP contribution in [0.15, 0.2) is 59.8 Å². The molecule has 1 saturated heterocycles. The summed E-state index contributed by atoms with van der Waals surface area (Å²) < 4.78 is 18.7. The van der Waals surface area contributed by atoms with Crippen LogP contribution in [0.4, 0.5) is 9.18 Å². The van der Waals surface area contributed by atoms with Crippen molar-refractivity contribution in [2.24, 2.45) is 0 Å². The number of piperazine rings is 1. The summed E-state index contributed by atoms with van der Waals surface area (Å²) >= 11 is 6.20. The van der Waals surface area contributed by atoms with Gasteiger partial charge in [0.1, 0.15) is 5.82 Å². The molecule has 0 aromatic heterocycles. The zero-order valence-electron chi connectivity index (χ0n) is 21.0. The number of urea groups is 1. The van der Waals surface area contributed by atoms with Crippen molar-refractivity contribution in [3.63, 3.8) is 0 Å². The zero-order chi connectivity index (χ0) is 26.7. The van der Waals surface area contributed by atoms with E-state index in [9.17, 15) is 18.8 Å². The fourth-order valence-electron chi connectivity index (χ4n) is 4.78. The van der Waals surface area contributed by atoms with Crippen LogP contribution in [-0.4, -0.2) is 78.5 Å². The second-order valence-corrected chi connectivity index (χ2v) is 9.60. The molecule has 8 nitrogen and oxygen atoms in total. The maximum atomic E-state index is 13.3. The van der Waals surface area contributed by atoms with Gasteiger partial charge in [0.2, 0.25) is 0 Å². The van der Waals surface area contributed by atoms with E-state index < -0.39 is 17.8 Å². The molecule has 2 aliphatic rings. The predicted molar refractivity (Wildman–Crippen MR) is 137 cm³/mol. The lowest BCUT2D eigenvalue weighted by Gasteiger charge is -2.42. The molecular formula is C27H30ClFN4O4. The molecule has 0 unspecified atom stereocenters. The first-order chi connectivity index (χ1) is 17.7. The van der Waals surface area contributed by atoms with Crippen LogP contribution in [0.2, 0.25) is 5.02 Å².